The fourth-order valence-corrected chi connectivity index (χ4v) is 1.75. The Morgan fingerprint density at radius 2 is 1.55 bits per heavy atom. The Bertz CT molecular complexity index is 374. The van der Waals surface area contributed by atoms with Crippen molar-refractivity contribution < 1.29 is 0 Å². The van der Waals surface area contributed by atoms with Gasteiger partial charge >= 0.3 is 73.7 Å². The summed E-state index contributed by atoms with van der Waals surface area (Å²) >= 11 is 3.04. The monoisotopic (exact) mass is 207 g/mol. The molecule has 0 bridgehead atoms. The van der Waals surface area contributed by atoms with Gasteiger partial charge in [0.05, 0.1) is 0 Å². The number of hydrogen-bond acceptors (Lipinski definition) is 0. The van der Waals surface area contributed by atoms with Crippen LogP contribution in [0.15, 0.2) is 42.5 Å². The van der Waals surface area contributed by atoms with Gasteiger partial charge in [0, 0.05) is 0 Å². The van der Waals surface area contributed by atoms with E-state index >= 15 is 0 Å². The van der Waals surface area contributed by atoms with Gasteiger partial charge in [-0.15, -0.1) is 0 Å². The molecule has 0 nitrogen and oxygen atoms in total. The first-order valence-electron chi connectivity index (χ1n) is 3.53. The van der Waals surface area contributed by atoms with Gasteiger partial charge in [0.1, 0.15) is 0 Å². The van der Waals surface area contributed by atoms with Crippen molar-refractivity contribution in [3.63, 3.8) is 0 Å². The van der Waals surface area contributed by atoms with Gasteiger partial charge in [-0.2, -0.15) is 0 Å². The third-order valence-electron chi connectivity index (χ3n) is 1.75. The third-order valence-corrected chi connectivity index (χ3v) is 2.50. The van der Waals surface area contributed by atoms with Gasteiger partial charge in [-0.05, 0) is 0 Å². The Morgan fingerprint density at radius 3 is 2.36 bits per heavy atom. The van der Waals surface area contributed by atoms with Crippen LogP contribution in [-0.2, 0) is 0 Å². The average Bonchev–Trinajstić information content (AvgIpc) is 2.06. The SMILES string of the molecule is [Se]c1cccc2ccccc12. The second-order valence-corrected chi connectivity index (χ2v) is 3.40. The van der Waals surface area contributed by atoms with Gasteiger partial charge in [0.2, 0.25) is 0 Å². The van der Waals surface area contributed by atoms with Gasteiger partial charge in [0.15, 0.2) is 0 Å². The van der Waals surface area contributed by atoms with Crippen molar-refractivity contribution >= 4 is 31.2 Å². The third kappa shape index (κ3) is 1.18. The van der Waals surface area contributed by atoms with Crippen molar-refractivity contribution in [1.82, 2.24) is 0 Å². The van der Waals surface area contributed by atoms with Crippen molar-refractivity contribution in [1.29, 1.82) is 0 Å². The second-order valence-electron chi connectivity index (χ2n) is 2.48. The summed E-state index contributed by atoms with van der Waals surface area (Å²) in [6.45, 7) is 0. The molecule has 0 saturated heterocycles. The van der Waals surface area contributed by atoms with Crippen LogP contribution in [0, 0.1) is 0 Å². The van der Waals surface area contributed by atoms with Crippen molar-refractivity contribution in [2.45, 2.75) is 0 Å². The number of benzene rings is 2. The van der Waals surface area contributed by atoms with E-state index in [1.54, 1.807) is 0 Å². The van der Waals surface area contributed by atoms with E-state index < -0.39 is 0 Å². The van der Waals surface area contributed by atoms with Gasteiger partial charge in [-0.3, -0.25) is 0 Å². The van der Waals surface area contributed by atoms with Crippen molar-refractivity contribution in [3.8, 4) is 0 Å². The van der Waals surface area contributed by atoms with Crippen LogP contribution in [0.1, 0.15) is 0 Å². The summed E-state index contributed by atoms with van der Waals surface area (Å²) in [7, 11) is 0. The Balaban J connectivity index is 2.91. The van der Waals surface area contributed by atoms with Crippen LogP contribution in [0.4, 0.5) is 0 Å². The van der Waals surface area contributed by atoms with Crippen molar-refractivity contribution in [2.24, 2.45) is 0 Å². The minimum atomic E-state index is 1.23. The molecule has 0 amide bonds. The van der Waals surface area contributed by atoms with Crippen molar-refractivity contribution in [3.05, 3.63) is 42.5 Å². The first-order valence-corrected chi connectivity index (χ1v) is 4.38. The van der Waals surface area contributed by atoms with E-state index in [9.17, 15) is 0 Å². The van der Waals surface area contributed by atoms with E-state index in [0.717, 1.165) is 0 Å². The van der Waals surface area contributed by atoms with E-state index in [2.05, 4.69) is 58.5 Å². The second kappa shape index (κ2) is 2.69. The minimum absolute atomic E-state index is 1.23. The molecular formula is C10H7Se. The maximum absolute atomic E-state index is 3.04. The molecule has 0 unspecified atom stereocenters. The molecule has 0 aliphatic heterocycles. The van der Waals surface area contributed by atoms with Crippen LogP contribution in [0.5, 0.6) is 0 Å². The van der Waals surface area contributed by atoms with E-state index in [1.807, 2.05) is 0 Å². The summed E-state index contributed by atoms with van der Waals surface area (Å²) in [5.74, 6) is 0. The summed E-state index contributed by atoms with van der Waals surface area (Å²) in [5, 5.41) is 2.60. The Morgan fingerprint density at radius 1 is 0.818 bits per heavy atom. The molecule has 0 atom stereocenters. The molecule has 53 valence electrons. The summed E-state index contributed by atoms with van der Waals surface area (Å²) < 4.78 is 1.23. The maximum atomic E-state index is 3.04. The van der Waals surface area contributed by atoms with Crippen LogP contribution in [0.2, 0.25) is 0 Å². The van der Waals surface area contributed by atoms with Crippen LogP contribution >= 0.6 is 0 Å². The topological polar surface area (TPSA) is 0 Å². The van der Waals surface area contributed by atoms with Crippen LogP contribution in [0.3, 0.4) is 0 Å². The van der Waals surface area contributed by atoms with Gasteiger partial charge in [-0.1, -0.05) is 0 Å². The van der Waals surface area contributed by atoms with Crippen LogP contribution in [-0.4, -0.2) is 16.0 Å². The predicted octanol–water partition coefficient (Wildman–Crippen LogP) is 1.63. The van der Waals surface area contributed by atoms with Crippen molar-refractivity contribution in [2.75, 3.05) is 0 Å². The molecule has 0 aliphatic rings. The molecule has 0 aromatic heterocycles. The average molecular weight is 206 g/mol. The molecule has 0 heterocycles. The summed E-state index contributed by atoms with van der Waals surface area (Å²) in [6, 6.07) is 14.6. The van der Waals surface area contributed by atoms with E-state index in [0.29, 0.717) is 0 Å². The van der Waals surface area contributed by atoms with Gasteiger partial charge < -0.3 is 0 Å². The number of rotatable bonds is 0. The molecule has 2 rings (SSSR count). The molecule has 0 aliphatic carbocycles. The summed E-state index contributed by atoms with van der Waals surface area (Å²) in [4.78, 5) is 0. The molecule has 2 aromatic carbocycles. The predicted molar refractivity (Wildman–Crippen MR) is 49.3 cm³/mol. The fourth-order valence-electron chi connectivity index (χ4n) is 1.20. The first kappa shape index (κ1) is 6.90. The number of fused-ring (bicyclic) bond motifs is 1. The molecular weight excluding hydrogens is 199 g/mol. The zero-order valence-electron chi connectivity index (χ0n) is 5.95. The molecule has 1 heteroatoms. The Hall–Kier alpha value is -0.781. The normalized spacial score (nSPS) is 10.2. The van der Waals surface area contributed by atoms with E-state index in [-0.39, 0.29) is 0 Å². The molecule has 0 spiro atoms. The molecule has 1 radical (unpaired) electrons. The van der Waals surface area contributed by atoms with Gasteiger partial charge in [-0.25, -0.2) is 0 Å². The standard InChI is InChI=1S/C10H7Se/c11-10-7-3-5-8-4-1-2-6-9(8)10/h1-7H. The molecule has 11 heavy (non-hydrogen) atoms. The molecule has 0 N–H and O–H groups in total. The zero-order valence-corrected chi connectivity index (χ0v) is 7.66. The van der Waals surface area contributed by atoms with Crippen LogP contribution in [0.25, 0.3) is 10.8 Å². The quantitative estimate of drug-likeness (QED) is 0.575. The van der Waals surface area contributed by atoms with E-state index in [4.69, 9.17) is 0 Å². The molecule has 2 aromatic rings. The summed E-state index contributed by atoms with van der Waals surface area (Å²) in [6.07, 6.45) is 0. The number of hydrogen-bond donors (Lipinski definition) is 0. The molecule has 0 fully saturated rings. The fraction of sp³-hybridized carbons (Fsp3) is 0. The van der Waals surface area contributed by atoms with Gasteiger partial charge in [0.25, 0.3) is 0 Å². The van der Waals surface area contributed by atoms with E-state index in [1.165, 1.54) is 15.2 Å². The zero-order chi connectivity index (χ0) is 7.68. The summed E-state index contributed by atoms with van der Waals surface area (Å²) in [5.41, 5.74) is 0. The Kier molecular flexibility index (Phi) is 1.69. The van der Waals surface area contributed by atoms with Crippen LogP contribution < -0.4 is 4.46 Å². The Labute approximate surface area is 74.0 Å². The first-order chi connectivity index (χ1) is 5.38. The molecule has 0 saturated carbocycles.